The van der Waals surface area contributed by atoms with Crippen LogP contribution in [0.25, 0.3) is 0 Å². The number of anilines is 1. The lowest BCUT2D eigenvalue weighted by Gasteiger charge is -2.23. The van der Waals surface area contributed by atoms with E-state index in [1.54, 1.807) is 18.0 Å². The molecule has 0 aromatic heterocycles. The van der Waals surface area contributed by atoms with Crippen LogP contribution >= 0.6 is 11.6 Å². The maximum absolute atomic E-state index is 12.3. The summed E-state index contributed by atoms with van der Waals surface area (Å²) in [5, 5.41) is 3.02. The van der Waals surface area contributed by atoms with Crippen molar-refractivity contribution in [1.29, 1.82) is 0 Å². The maximum Gasteiger partial charge on any atom is 0.339 e. The molecule has 1 aliphatic heterocycles. The highest BCUT2D eigenvalue weighted by Crippen LogP contribution is 2.22. The van der Waals surface area contributed by atoms with Gasteiger partial charge in [-0.15, -0.1) is 0 Å². The van der Waals surface area contributed by atoms with Crippen molar-refractivity contribution in [3.63, 3.8) is 0 Å². The Morgan fingerprint density at radius 3 is 2.48 bits per heavy atom. The van der Waals surface area contributed by atoms with Crippen LogP contribution in [0.1, 0.15) is 30.6 Å². The second-order valence-corrected chi connectivity index (χ2v) is 6.76. The number of hydrogen-bond donors (Lipinski definition) is 3. The molecule has 1 fully saturated rings. The van der Waals surface area contributed by atoms with Crippen LogP contribution in [0.4, 0.5) is 10.5 Å². The molecule has 1 heterocycles. The number of benzene rings is 1. The molecule has 0 spiro atoms. The lowest BCUT2D eigenvalue weighted by Crippen LogP contribution is -2.35. The van der Waals surface area contributed by atoms with Crippen molar-refractivity contribution < 1.29 is 14.3 Å². The van der Waals surface area contributed by atoms with E-state index in [4.69, 9.17) is 11.6 Å². The fourth-order valence-electron chi connectivity index (χ4n) is 2.94. The molecule has 1 aromatic rings. The number of hydrazine groups is 1. The number of halogens is 1. The van der Waals surface area contributed by atoms with Crippen molar-refractivity contribution in [2.24, 2.45) is 5.92 Å². The minimum absolute atomic E-state index is 0.221. The Morgan fingerprint density at radius 1 is 1.28 bits per heavy atom. The zero-order valence-corrected chi connectivity index (χ0v) is 15.7. The molecule has 2 rings (SSSR count). The predicted octanol–water partition coefficient (Wildman–Crippen LogP) is 2.48. The highest BCUT2D eigenvalue weighted by Gasteiger charge is 2.29. The number of hydrogen-bond acceptors (Lipinski definition) is 5. The first-order valence-electron chi connectivity index (χ1n) is 8.24. The molecule has 138 valence electrons. The first-order valence-corrected chi connectivity index (χ1v) is 8.62. The molecule has 2 atom stereocenters. The minimum atomic E-state index is -0.512. The number of urea groups is 1. The Morgan fingerprint density at radius 2 is 1.92 bits per heavy atom. The molecule has 7 nitrogen and oxygen atoms in total. The molecule has 25 heavy (non-hydrogen) atoms. The molecule has 2 unspecified atom stereocenters. The van der Waals surface area contributed by atoms with Crippen molar-refractivity contribution in [2.45, 2.75) is 32.4 Å². The maximum atomic E-state index is 12.3. The summed E-state index contributed by atoms with van der Waals surface area (Å²) in [6.45, 7) is 4.90. The van der Waals surface area contributed by atoms with E-state index in [1.165, 1.54) is 19.2 Å². The Balaban J connectivity index is 1.90. The molecule has 1 aromatic carbocycles. The molecular formula is C17H25ClN4O3. The summed E-state index contributed by atoms with van der Waals surface area (Å²) in [5.41, 5.74) is 7.22. The number of amides is 2. The van der Waals surface area contributed by atoms with E-state index in [2.05, 4.69) is 34.8 Å². The van der Waals surface area contributed by atoms with E-state index >= 15 is 0 Å². The largest absolute Gasteiger partial charge is 0.465 e. The normalized spacial score (nSPS) is 22.5. The molecule has 0 saturated carbocycles. The number of carbonyl (C=O) groups excluding carboxylic acids is 2. The van der Waals surface area contributed by atoms with E-state index in [0.717, 1.165) is 6.42 Å². The molecule has 0 radical (unpaired) electrons. The predicted molar refractivity (Wildman–Crippen MR) is 97.7 cm³/mol. The molecule has 3 N–H and O–H groups in total. The van der Waals surface area contributed by atoms with Gasteiger partial charge in [-0.3, -0.25) is 10.9 Å². The molecule has 1 saturated heterocycles. The average molecular weight is 369 g/mol. The van der Waals surface area contributed by atoms with Gasteiger partial charge in [0.1, 0.15) is 0 Å². The summed E-state index contributed by atoms with van der Waals surface area (Å²) in [7, 11) is 3.05. The molecule has 2 amide bonds. The number of ether oxygens (including phenoxy) is 1. The first kappa shape index (κ1) is 19.5. The fourth-order valence-corrected chi connectivity index (χ4v) is 3.20. The van der Waals surface area contributed by atoms with Gasteiger partial charge < -0.3 is 15.0 Å². The first-order chi connectivity index (χ1) is 11.8. The lowest BCUT2D eigenvalue weighted by atomic mass is 9.93. The van der Waals surface area contributed by atoms with Gasteiger partial charge >= 0.3 is 12.0 Å². The van der Waals surface area contributed by atoms with Gasteiger partial charge in [-0.25, -0.2) is 9.59 Å². The van der Waals surface area contributed by atoms with Gasteiger partial charge in [0.05, 0.1) is 17.7 Å². The number of nitrogens with zero attached hydrogens (tertiary/aromatic N) is 1. The summed E-state index contributed by atoms with van der Waals surface area (Å²) < 4.78 is 4.65. The summed E-state index contributed by atoms with van der Waals surface area (Å²) >= 11 is 6.07. The minimum Gasteiger partial charge on any atom is -0.465 e. The number of nitrogens with one attached hydrogen (secondary N) is 3. The number of esters is 1. The van der Waals surface area contributed by atoms with E-state index in [1.807, 2.05) is 0 Å². The van der Waals surface area contributed by atoms with Crippen molar-refractivity contribution in [2.75, 3.05) is 26.0 Å². The summed E-state index contributed by atoms with van der Waals surface area (Å²) in [6.07, 6.45) is 0.897. The number of rotatable bonds is 5. The average Bonchev–Trinajstić information content (AvgIpc) is 2.90. The Bertz CT molecular complexity index is 630. The van der Waals surface area contributed by atoms with Gasteiger partial charge in [0.2, 0.25) is 0 Å². The summed E-state index contributed by atoms with van der Waals surface area (Å²) in [4.78, 5) is 25.5. The Labute approximate surface area is 153 Å². The highest BCUT2D eigenvalue weighted by atomic mass is 35.5. The van der Waals surface area contributed by atoms with Crippen molar-refractivity contribution in [3.8, 4) is 0 Å². The number of methoxy groups -OCH3 is 1. The SMILES string of the molecule is COC(=O)c1ccc(NC(=O)N(C)CCC2C(C)NNC2C)cc1Cl. The van der Waals surface area contributed by atoms with Crippen LogP contribution in [0.15, 0.2) is 18.2 Å². The zero-order chi connectivity index (χ0) is 18.6. The van der Waals surface area contributed by atoms with Crippen molar-refractivity contribution >= 4 is 29.3 Å². The second kappa shape index (κ2) is 8.51. The van der Waals surface area contributed by atoms with Gasteiger partial charge in [-0.05, 0) is 44.4 Å². The van der Waals surface area contributed by atoms with E-state index in [-0.39, 0.29) is 16.6 Å². The molecule has 0 aliphatic carbocycles. The molecule has 1 aliphatic rings. The van der Waals surface area contributed by atoms with Crippen LogP contribution in [0, 0.1) is 5.92 Å². The van der Waals surface area contributed by atoms with Crippen LogP contribution in [0.3, 0.4) is 0 Å². The topological polar surface area (TPSA) is 82.7 Å². The van der Waals surface area contributed by atoms with Crippen LogP contribution in [-0.4, -0.2) is 49.7 Å². The van der Waals surface area contributed by atoms with Crippen LogP contribution in [0.5, 0.6) is 0 Å². The third kappa shape index (κ3) is 4.84. The van der Waals surface area contributed by atoms with Gasteiger partial charge in [0.15, 0.2) is 0 Å². The summed E-state index contributed by atoms with van der Waals surface area (Å²) in [5.74, 6) is -0.0500. The second-order valence-electron chi connectivity index (χ2n) is 6.36. The number of carbonyl (C=O) groups is 2. The van der Waals surface area contributed by atoms with Crippen LogP contribution in [0.2, 0.25) is 5.02 Å². The van der Waals surface area contributed by atoms with Gasteiger partial charge in [0.25, 0.3) is 0 Å². The smallest absolute Gasteiger partial charge is 0.339 e. The van der Waals surface area contributed by atoms with E-state index in [9.17, 15) is 9.59 Å². The lowest BCUT2D eigenvalue weighted by molar-refractivity contribution is 0.0601. The van der Waals surface area contributed by atoms with Crippen LogP contribution < -0.4 is 16.2 Å². The fraction of sp³-hybridized carbons (Fsp3) is 0.529. The van der Waals surface area contributed by atoms with Crippen molar-refractivity contribution in [1.82, 2.24) is 15.8 Å². The van der Waals surface area contributed by atoms with Gasteiger partial charge in [-0.2, -0.15) is 0 Å². The van der Waals surface area contributed by atoms with E-state index < -0.39 is 5.97 Å². The van der Waals surface area contributed by atoms with E-state index in [0.29, 0.717) is 30.2 Å². The standard InChI is InChI=1S/C17H25ClN4O3/c1-10-13(11(2)21-20-10)7-8-22(3)17(24)19-12-5-6-14(15(18)9-12)16(23)25-4/h5-6,9-11,13,20-21H,7-8H2,1-4H3,(H,19,24). The zero-order valence-electron chi connectivity index (χ0n) is 14.9. The van der Waals surface area contributed by atoms with Crippen LogP contribution in [-0.2, 0) is 4.74 Å². The van der Waals surface area contributed by atoms with Crippen molar-refractivity contribution in [3.05, 3.63) is 28.8 Å². The molecule has 0 bridgehead atoms. The monoisotopic (exact) mass is 368 g/mol. The van der Waals surface area contributed by atoms with Gasteiger partial charge in [0, 0.05) is 31.4 Å². The third-order valence-corrected chi connectivity index (χ3v) is 4.91. The quantitative estimate of drug-likeness (QED) is 0.695. The molecule has 8 heteroatoms. The van der Waals surface area contributed by atoms with Gasteiger partial charge in [-0.1, -0.05) is 11.6 Å². The Kier molecular flexibility index (Phi) is 6.64. The molecular weight excluding hydrogens is 344 g/mol. The summed E-state index contributed by atoms with van der Waals surface area (Å²) in [6, 6.07) is 5.21. The third-order valence-electron chi connectivity index (χ3n) is 4.59. The Hall–Kier alpha value is -1.83. The highest BCUT2D eigenvalue weighted by molar-refractivity contribution is 6.33.